The minimum Gasteiger partial charge on any atom is -0.491 e. The van der Waals surface area contributed by atoms with E-state index in [1.165, 1.54) is 0 Å². The molecule has 22 heavy (non-hydrogen) atoms. The Kier molecular flexibility index (Phi) is 7.94. The van der Waals surface area contributed by atoms with E-state index in [1.54, 1.807) is 24.3 Å². The molecule has 1 aromatic rings. The Balaban J connectivity index is 2.44. The maximum absolute atomic E-state index is 10.2. The van der Waals surface area contributed by atoms with Crippen LogP contribution in [0.4, 0.5) is 0 Å². The van der Waals surface area contributed by atoms with Crippen LogP contribution >= 0.6 is 0 Å². The van der Waals surface area contributed by atoms with Crippen LogP contribution in [0.5, 0.6) is 5.75 Å². The predicted molar refractivity (Wildman–Crippen MR) is 88.8 cm³/mol. The zero-order valence-corrected chi connectivity index (χ0v) is 14.1. The van der Waals surface area contributed by atoms with Crippen molar-refractivity contribution in [3.05, 3.63) is 29.8 Å². The van der Waals surface area contributed by atoms with Crippen LogP contribution in [-0.2, 0) is 0 Å². The van der Waals surface area contributed by atoms with Gasteiger partial charge in [0.05, 0.1) is 11.6 Å². The monoisotopic (exact) mass is 304 g/mol. The second-order valence-corrected chi connectivity index (χ2v) is 6.61. The summed E-state index contributed by atoms with van der Waals surface area (Å²) < 4.78 is 5.59. The van der Waals surface area contributed by atoms with Crippen molar-refractivity contribution < 1.29 is 9.84 Å². The molecule has 0 bridgehead atoms. The third kappa shape index (κ3) is 7.44. The molecule has 0 aliphatic heterocycles. The molecule has 1 rings (SSSR count). The van der Waals surface area contributed by atoms with Crippen molar-refractivity contribution in [2.24, 2.45) is 11.8 Å². The summed E-state index contributed by atoms with van der Waals surface area (Å²) in [5.41, 5.74) is 0.605. The quantitative estimate of drug-likeness (QED) is 0.762. The maximum atomic E-state index is 10.2. The molecular weight excluding hydrogens is 276 g/mol. The summed E-state index contributed by atoms with van der Waals surface area (Å²) in [6.45, 7) is 11.6. The number of nitrogens with zero attached hydrogens (tertiary/aromatic N) is 2. The van der Waals surface area contributed by atoms with Crippen LogP contribution in [-0.4, -0.2) is 42.4 Å². The van der Waals surface area contributed by atoms with Crippen LogP contribution in [0, 0.1) is 23.2 Å². The van der Waals surface area contributed by atoms with Crippen molar-refractivity contribution in [2.45, 2.75) is 33.8 Å². The number of aliphatic hydroxyl groups excluding tert-OH is 1. The number of hydrogen-bond donors (Lipinski definition) is 1. The molecule has 0 saturated carbocycles. The van der Waals surface area contributed by atoms with E-state index in [-0.39, 0.29) is 6.61 Å². The Morgan fingerprint density at radius 2 is 1.59 bits per heavy atom. The highest BCUT2D eigenvalue weighted by atomic mass is 16.5. The van der Waals surface area contributed by atoms with Crippen LogP contribution < -0.4 is 4.74 Å². The van der Waals surface area contributed by atoms with Gasteiger partial charge in [-0.2, -0.15) is 5.26 Å². The van der Waals surface area contributed by atoms with Gasteiger partial charge < -0.3 is 14.7 Å². The van der Waals surface area contributed by atoms with Crippen molar-refractivity contribution in [3.8, 4) is 11.8 Å². The van der Waals surface area contributed by atoms with E-state index in [0.29, 0.717) is 29.7 Å². The zero-order chi connectivity index (χ0) is 16.5. The molecule has 1 N–H and O–H groups in total. The molecule has 0 saturated heterocycles. The number of nitriles is 1. The first kappa shape index (κ1) is 18.5. The lowest BCUT2D eigenvalue weighted by Gasteiger charge is -2.28. The second kappa shape index (κ2) is 9.45. The SMILES string of the molecule is CC(C)CN(CC(C)C)CC(O)COc1ccc(C#N)cc1. The highest BCUT2D eigenvalue weighted by molar-refractivity contribution is 5.34. The second-order valence-electron chi connectivity index (χ2n) is 6.61. The van der Waals surface area contributed by atoms with Gasteiger partial charge in [-0.25, -0.2) is 0 Å². The highest BCUT2D eigenvalue weighted by Gasteiger charge is 2.15. The van der Waals surface area contributed by atoms with Crippen LogP contribution in [0.25, 0.3) is 0 Å². The maximum Gasteiger partial charge on any atom is 0.119 e. The van der Waals surface area contributed by atoms with Gasteiger partial charge in [-0.15, -0.1) is 0 Å². The first-order chi connectivity index (χ1) is 10.4. The largest absolute Gasteiger partial charge is 0.491 e. The van der Waals surface area contributed by atoms with Gasteiger partial charge in [0.15, 0.2) is 0 Å². The van der Waals surface area contributed by atoms with Crippen LogP contribution in [0.15, 0.2) is 24.3 Å². The molecular formula is C18H28N2O2. The van der Waals surface area contributed by atoms with Gasteiger partial charge in [-0.3, -0.25) is 0 Å². The number of rotatable bonds is 9. The molecule has 0 spiro atoms. The molecule has 1 unspecified atom stereocenters. The minimum absolute atomic E-state index is 0.262. The van der Waals surface area contributed by atoms with Crippen molar-refractivity contribution in [2.75, 3.05) is 26.2 Å². The highest BCUT2D eigenvalue weighted by Crippen LogP contribution is 2.12. The Hall–Kier alpha value is -1.57. The van der Waals surface area contributed by atoms with E-state index < -0.39 is 6.10 Å². The third-order valence-corrected chi connectivity index (χ3v) is 3.14. The molecule has 0 aromatic heterocycles. The minimum atomic E-state index is -0.520. The summed E-state index contributed by atoms with van der Waals surface area (Å²) in [4.78, 5) is 2.29. The van der Waals surface area contributed by atoms with Crippen molar-refractivity contribution >= 4 is 0 Å². The standard InChI is InChI=1S/C18H28N2O2/c1-14(2)10-20(11-15(3)4)12-17(21)13-22-18-7-5-16(9-19)6-8-18/h5-8,14-15,17,21H,10-13H2,1-4H3. The molecule has 0 amide bonds. The van der Waals surface area contributed by atoms with E-state index in [4.69, 9.17) is 10.00 Å². The van der Waals surface area contributed by atoms with Gasteiger partial charge >= 0.3 is 0 Å². The van der Waals surface area contributed by atoms with Crippen LogP contribution in [0.1, 0.15) is 33.3 Å². The molecule has 1 aromatic carbocycles. The van der Waals surface area contributed by atoms with E-state index in [0.717, 1.165) is 13.1 Å². The lowest BCUT2D eigenvalue weighted by molar-refractivity contribution is 0.0601. The van der Waals surface area contributed by atoms with E-state index in [1.807, 2.05) is 0 Å². The fraction of sp³-hybridized carbons (Fsp3) is 0.611. The van der Waals surface area contributed by atoms with Gasteiger partial charge in [-0.05, 0) is 36.1 Å². The van der Waals surface area contributed by atoms with Gasteiger partial charge in [0.25, 0.3) is 0 Å². The van der Waals surface area contributed by atoms with Crippen molar-refractivity contribution in [3.63, 3.8) is 0 Å². The van der Waals surface area contributed by atoms with Crippen LogP contribution in [0.3, 0.4) is 0 Å². The summed E-state index contributed by atoms with van der Waals surface area (Å²) in [6.07, 6.45) is -0.520. The molecule has 4 heteroatoms. The molecule has 0 aliphatic carbocycles. The summed E-state index contributed by atoms with van der Waals surface area (Å²) in [5.74, 6) is 1.83. The Bertz CT molecular complexity index is 453. The average Bonchev–Trinajstić information content (AvgIpc) is 2.44. The molecule has 1 atom stereocenters. The third-order valence-electron chi connectivity index (χ3n) is 3.14. The lowest BCUT2D eigenvalue weighted by atomic mass is 10.1. The van der Waals surface area contributed by atoms with Crippen molar-refractivity contribution in [1.82, 2.24) is 4.90 Å². The van der Waals surface area contributed by atoms with E-state index >= 15 is 0 Å². The summed E-state index contributed by atoms with van der Waals surface area (Å²) >= 11 is 0. The van der Waals surface area contributed by atoms with Gasteiger partial charge in [0, 0.05) is 19.6 Å². The summed E-state index contributed by atoms with van der Waals surface area (Å²) in [7, 11) is 0. The number of hydrogen-bond acceptors (Lipinski definition) is 4. The van der Waals surface area contributed by atoms with Gasteiger partial charge in [0.2, 0.25) is 0 Å². The van der Waals surface area contributed by atoms with E-state index in [9.17, 15) is 5.11 Å². The molecule has 0 aliphatic rings. The average molecular weight is 304 g/mol. The smallest absolute Gasteiger partial charge is 0.119 e. The van der Waals surface area contributed by atoms with E-state index in [2.05, 4.69) is 38.7 Å². The van der Waals surface area contributed by atoms with Crippen LogP contribution in [0.2, 0.25) is 0 Å². The number of benzene rings is 1. The fourth-order valence-electron chi connectivity index (χ4n) is 2.43. The molecule has 0 radical (unpaired) electrons. The first-order valence-corrected chi connectivity index (χ1v) is 7.94. The molecule has 0 fully saturated rings. The number of ether oxygens (including phenoxy) is 1. The Morgan fingerprint density at radius 1 is 1.05 bits per heavy atom. The summed E-state index contributed by atoms with van der Waals surface area (Å²) in [6, 6.07) is 9.01. The molecule has 4 nitrogen and oxygen atoms in total. The van der Waals surface area contributed by atoms with Gasteiger partial charge in [0.1, 0.15) is 18.5 Å². The predicted octanol–water partition coefficient (Wildman–Crippen LogP) is 2.91. The topological polar surface area (TPSA) is 56.5 Å². The molecule has 0 heterocycles. The zero-order valence-electron chi connectivity index (χ0n) is 14.1. The number of aliphatic hydroxyl groups is 1. The Labute approximate surface area is 134 Å². The first-order valence-electron chi connectivity index (χ1n) is 7.94. The molecule has 122 valence electrons. The Morgan fingerprint density at radius 3 is 2.05 bits per heavy atom. The summed E-state index contributed by atoms with van der Waals surface area (Å²) in [5, 5.41) is 18.9. The fourth-order valence-corrected chi connectivity index (χ4v) is 2.43. The van der Waals surface area contributed by atoms with Crippen molar-refractivity contribution in [1.29, 1.82) is 5.26 Å². The lowest BCUT2D eigenvalue weighted by Crippen LogP contribution is -2.39. The van der Waals surface area contributed by atoms with Gasteiger partial charge in [-0.1, -0.05) is 27.7 Å². The normalized spacial score (nSPS) is 12.7.